The number of fused-ring (bicyclic) bond motifs is 1. The van der Waals surface area contributed by atoms with Gasteiger partial charge < -0.3 is 14.2 Å². The van der Waals surface area contributed by atoms with E-state index >= 15 is 0 Å². The largest absolute Gasteiger partial charge is 0.493 e. The fourth-order valence-electron chi connectivity index (χ4n) is 3.73. The Morgan fingerprint density at radius 1 is 1.21 bits per heavy atom. The summed E-state index contributed by atoms with van der Waals surface area (Å²) < 4.78 is 17.3. The van der Waals surface area contributed by atoms with Gasteiger partial charge in [-0.2, -0.15) is 0 Å². The van der Waals surface area contributed by atoms with Crippen molar-refractivity contribution in [2.24, 2.45) is 5.92 Å². The van der Waals surface area contributed by atoms with Crippen LogP contribution in [0.5, 0.6) is 5.75 Å². The standard InChI is InChI=1S/C22H22O5S/c1-2-14-6-3-4-7-17(14)27-19-13-25-18-12-15(9-10-16(18)21(19)23)26-22(24)20-8-5-11-28-20/h3-8,11,13,15-16,18H,2,9-10,12H2,1H3. The van der Waals surface area contributed by atoms with Gasteiger partial charge in [0.2, 0.25) is 11.5 Å². The van der Waals surface area contributed by atoms with E-state index in [1.165, 1.54) is 17.6 Å². The summed E-state index contributed by atoms with van der Waals surface area (Å²) in [7, 11) is 0. The van der Waals surface area contributed by atoms with Gasteiger partial charge in [0, 0.05) is 6.42 Å². The normalized spacial score (nSPS) is 24.0. The number of aryl methyl sites for hydroxylation is 1. The molecule has 0 saturated heterocycles. The van der Waals surface area contributed by atoms with Crippen molar-refractivity contribution < 1.29 is 23.8 Å². The number of ketones is 1. The highest BCUT2D eigenvalue weighted by molar-refractivity contribution is 7.11. The van der Waals surface area contributed by atoms with Gasteiger partial charge in [0.15, 0.2) is 0 Å². The van der Waals surface area contributed by atoms with Gasteiger partial charge in [-0.15, -0.1) is 11.3 Å². The van der Waals surface area contributed by atoms with E-state index in [2.05, 4.69) is 0 Å². The molecule has 2 aliphatic rings. The van der Waals surface area contributed by atoms with Crippen LogP contribution >= 0.6 is 11.3 Å². The number of para-hydroxylation sites is 1. The van der Waals surface area contributed by atoms with Gasteiger partial charge in [-0.3, -0.25) is 4.79 Å². The molecule has 0 N–H and O–H groups in total. The molecule has 1 saturated carbocycles. The summed E-state index contributed by atoms with van der Waals surface area (Å²) in [6, 6.07) is 11.3. The Kier molecular flexibility index (Phi) is 5.48. The number of hydrogen-bond donors (Lipinski definition) is 0. The van der Waals surface area contributed by atoms with Gasteiger partial charge in [0.05, 0.1) is 5.92 Å². The lowest BCUT2D eigenvalue weighted by molar-refractivity contribution is -0.132. The second-order valence-electron chi connectivity index (χ2n) is 7.01. The summed E-state index contributed by atoms with van der Waals surface area (Å²) in [6.45, 7) is 2.05. The van der Waals surface area contributed by atoms with Crippen molar-refractivity contribution in [1.82, 2.24) is 0 Å². The average molecular weight is 398 g/mol. The Morgan fingerprint density at radius 3 is 2.86 bits per heavy atom. The third-order valence-corrected chi connectivity index (χ3v) is 6.09. The first-order valence-electron chi connectivity index (χ1n) is 9.55. The van der Waals surface area contributed by atoms with E-state index in [0.717, 1.165) is 12.0 Å². The summed E-state index contributed by atoms with van der Waals surface area (Å²) in [5, 5.41) is 1.85. The topological polar surface area (TPSA) is 61.8 Å². The van der Waals surface area contributed by atoms with Crippen molar-refractivity contribution >= 4 is 23.1 Å². The third-order valence-electron chi connectivity index (χ3n) is 5.24. The average Bonchev–Trinajstić information content (AvgIpc) is 3.25. The monoisotopic (exact) mass is 398 g/mol. The van der Waals surface area contributed by atoms with Crippen LogP contribution in [0.15, 0.2) is 53.8 Å². The number of carbonyl (C=O) groups is 2. The molecule has 5 nitrogen and oxygen atoms in total. The Labute approximate surface area is 167 Å². The van der Waals surface area contributed by atoms with E-state index in [1.54, 1.807) is 6.07 Å². The van der Waals surface area contributed by atoms with Crippen LogP contribution in [-0.2, 0) is 20.7 Å². The maximum atomic E-state index is 12.9. The molecule has 4 rings (SSSR count). The molecule has 1 aromatic heterocycles. The molecule has 146 valence electrons. The van der Waals surface area contributed by atoms with Crippen LogP contribution in [0.4, 0.5) is 0 Å². The highest BCUT2D eigenvalue weighted by atomic mass is 32.1. The molecule has 1 aliphatic heterocycles. The number of esters is 1. The molecular weight excluding hydrogens is 376 g/mol. The number of benzene rings is 1. The van der Waals surface area contributed by atoms with Crippen LogP contribution in [0.3, 0.4) is 0 Å². The van der Waals surface area contributed by atoms with Crippen LogP contribution in [0.25, 0.3) is 0 Å². The SMILES string of the molecule is CCc1ccccc1OC1=COC2CC(OC(=O)c3cccs3)CCC2C1=O. The summed E-state index contributed by atoms with van der Waals surface area (Å²) >= 11 is 1.36. The molecule has 1 fully saturated rings. The zero-order valence-electron chi connectivity index (χ0n) is 15.6. The Bertz CT molecular complexity index is 886. The lowest BCUT2D eigenvalue weighted by Crippen LogP contribution is -2.43. The molecule has 0 bridgehead atoms. The van der Waals surface area contributed by atoms with Crippen molar-refractivity contribution in [1.29, 1.82) is 0 Å². The minimum absolute atomic E-state index is 0.0369. The molecule has 28 heavy (non-hydrogen) atoms. The first-order chi connectivity index (χ1) is 13.7. The summed E-state index contributed by atoms with van der Waals surface area (Å²) in [5.41, 5.74) is 1.04. The van der Waals surface area contributed by atoms with E-state index < -0.39 is 0 Å². The Morgan fingerprint density at radius 2 is 2.07 bits per heavy atom. The van der Waals surface area contributed by atoms with E-state index in [9.17, 15) is 9.59 Å². The van der Waals surface area contributed by atoms with Crippen LogP contribution in [0, 0.1) is 5.92 Å². The number of rotatable bonds is 5. The molecule has 0 spiro atoms. The van der Waals surface area contributed by atoms with Crippen LogP contribution < -0.4 is 4.74 Å². The summed E-state index contributed by atoms with van der Waals surface area (Å²) in [6.07, 6.45) is 3.50. The zero-order chi connectivity index (χ0) is 19.5. The van der Waals surface area contributed by atoms with E-state index in [1.807, 2.05) is 42.6 Å². The lowest BCUT2D eigenvalue weighted by atomic mass is 9.80. The molecule has 0 amide bonds. The van der Waals surface area contributed by atoms with Gasteiger partial charge in [-0.25, -0.2) is 4.79 Å². The maximum absolute atomic E-state index is 12.9. The zero-order valence-corrected chi connectivity index (χ0v) is 16.4. The molecule has 1 aromatic carbocycles. The lowest BCUT2D eigenvalue weighted by Gasteiger charge is -2.36. The van der Waals surface area contributed by atoms with Crippen LogP contribution in [-0.4, -0.2) is 24.0 Å². The molecule has 0 radical (unpaired) electrons. The number of ether oxygens (including phenoxy) is 3. The van der Waals surface area contributed by atoms with Crippen molar-refractivity contribution in [2.75, 3.05) is 0 Å². The highest BCUT2D eigenvalue weighted by Crippen LogP contribution is 2.36. The first-order valence-corrected chi connectivity index (χ1v) is 10.4. The second kappa shape index (κ2) is 8.19. The van der Waals surface area contributed by atoms with Gasteiger partial charge in [-0.1, -0.05) is 31.2 Å². The number of thiophene rings is 1. The van der Waals surface area contributed by atoms with E-state index in [0.29, 0.717) is 29.9 Å². The summed E-state index contributed by atoms with van der Waals surface area (Å²) in [4.78, 5) is 25.7. The Hall–Kier alpha value is -2.60. The minimum Gasteiger partial charge on any atom is -0.493 e. The predicted octanol–water partition coefficient (Wildman–Crippen LogP) is 4.52. The number of allylic oxidation sites excluding steroid dienone is 1. The third kappa shape index (κ3) is 3.83. The highest BCUT2D eigenvalue weighted by Gasteiger charge is 2.42. The maximum Gasteiger partial charge on any atom is 0.348 e. The van der Waals surface area contributed by atoms with E-state index in [4.69, 9.17) is 14.2 Å². The van der Waals surface area contributed by atoms with Gasteiger partial charge in [0.1, 0.15) is 29.1 Å². The van der Waals surface area contributed by atoms with Crippen LogP contribution in [0.1, 0.15) is 41.4 Å². The Balaban J connectivity index is 1.41. The summed E-state index contributed by atoms with van der Waals surface area (Å²) in [5.74, 6) is 0.327. The molecule has 3 atom stereocenters. The van der Waals surface area contributed by atoms with E-state index in [-0.39, 0.29) is 35.6 Å². The van der Waals surface area contributed by atoms with Crippen LogP contribution in [0.2, 0.25) is 0 Å². The van der Waals surface area contributed by atoms with Gasteiger partial charge >= 0.3 is 5.97 Å². The quantitative estimate of drug-likeness (QED) is 0.693. The minimum atomic E-state index is -0.309. The molecule has 1 aliphatic carbocycles. The first kappa shape index (κ1) is 18.7. The predicted molar refractivity (Wildman–Crippen MR) is 105 cm³/mol. The van der Waals surface area contributed by atoms with Crippen molar-refractivity contribution in [3.8, 4) is 5.75 Å². The van der Waals surface area contributed by atoms with Gasteiger partial charge in [0.25, 0.3) is 0 Å². The van der Waals surface area contributed by atoms with Crippen molar-refractivity contribution in [2.45, 2.75) is 44.8 Å². The number of Topliss-reactive ketones (excluding diaryl/α,β-unsaturated/α-hetero) is 1. The number of hydrogen-bond acceptors (Lipinski definition) is 6. The van der Waals surface area contributed by atoms with Crippen molar-refractivity contribution in [3.63, 3.8) is 0 Å². The molecular formula is C22H22O5S. The van der Waals surface area contributed by atoms with Gasteiger partial charge in [-0.05, 0) is 42.3 Å². The second-order valence-corrected chi connectivity index (χ2v) is 7.96. The molecule has 6 heteroatoms. The smallest absolute Gasteiger partial charge is 0.348 e. The molecule has 2 heterocycles. The molecule has 2 aromatic rings. The fourth-order valence-corrected chi connectivity index (χ4v) is 4.34. The fraction of sp³-hybridized carbons (Fsp3) is 0.364. The van der Waals surface area contributed by atoms with Crippen molar-refractivity contribution in [3.05, 3.63) is 64.2 Å². The number of carbonyl (C=O) groups excluding carboxylic acids is 2. The molecule has 3 unspecified atom stereocenters.